The number of unbranched alkanes of at least 4 members (excludes halogenated alkanes) is 1. The maximum absolute atomic E-state index is 12.7. The highest BCUT2D eigenvalue weighted by Gasteiger charge is 2.27. The van der Waals surface area contributed by atoms with Crippen molar-refractivity contribution in [3.05, 3.63) is 42.6 Å². The number of amides is 1. The van der Waals surface area contributed by atoms with Gasteiger partial charge in [0, 0.05) is 75.7 Å². The van der Waals surface area contributed by atoms with Crippen LogP contribution in [0.25, 0.3) is 22.2 Å². The lowest BCUT2D eigenvalue weighted by Crippen LogP contribution is -2.46. The molecular weight excluding hydrogens is 520 g/mol. The molecule has 0 radical (unpaired) electrons. The summed E-state index contributed by atoms with van der Waals surface area (Å²) in [4.78, 5) is 40.1. The lowest BCUT2D eigenvalue weighted by Gasteiger charge is -2.32. The molecule has 1 atom stereocenters. The van der Waals surface area contributed by atoms with Crippen LogP contribution in [0.5, 0.6) is 0 Å². The molecule has 0 aliphatic carbocycles. The highest BCUT2D eigenvalue weighted by Crippen LogP contribution is 2.28. The molecule has 4 aromatic heterocycles. The Balaban J connectivity index is 1.36. The Kier molecular flexibility index (Phi) is 8.24. The Morgan fingerprint density at radius 3 is 2.44 bits per heavy atom. The number of nitrogens with one attached hydrogen (secondary N) is 2. The van der Waals surface area contributed by atoms with Crippen LogP contribution < -0.4 is 21.3 Å². The highest BCUT2D eigenvalue weighted by molar-refractivity contribution is 5.94. The molecule has 13 heteroatoms. The zero-order valence-electron chi connectivity index (χ0n) is 24.1. The van der Waals surface area contributed by atoms with E-state index in [4.69, 9.17) is 10.7 Å². The maximum Gasteiger partial charge on any atom is 0.254 e. The van der Waals surface area contributed by atoms with E-state index in [2.05, 4.69) is 66.4 Å². The summed E-state index contributed by atoms with van der Waals surface area (Å²) in [6.07, 6.45) is 11.4. The van der Waals surface area contributed by atoms with Crippen molar-refractivity contribution in [1.82, 2.24) is 44.9 Å². The molecule has 1 amide bonds. The van der Waals surface area contributed by atoms with Gasteiger partial charge in [0.2, 0.25) is 11.9 Å². The van der Waals surface area contributed by atoms with Crippen molar-refractivity contribution < 1.29 is 4.79 Å². The molecule has 0 saturated carbocycles. The van der Waals surface area contributed by atoms with E-state index in [1.807, 2.05) is 18.5 Å². The summed E-state index contributed by atoms with van der Waals surface area (Å²) < 4.78 is 1.60. The van der Waals surface area contributed by atoms with Crippen molar-refractivity contribution in [2.75, 3.05) is 55.7 Å². The van der Waals surface area contributed by atoms with E-state index in [0.29, 0.717) is 29.0 Å². The molecule has 216 valence electrons. The number of likely N-dealkylation sites (N-methyl/N-ethyl adjacent to an activating group) is 1. The summed E-state index contributed by atoms with van der Waals surface area (Å²) in [7, 11) is 3.90. The van der Waals surface area contributed by atoms with E-state index in [-0.39, 0.29) is 11.9 Å². The molecule has 5 rings (SSSR count). The average Bonchev–Trinajstić information content (AvgIpc) is 3.41. The molecule has 0 spiro atoms. The van der Waals surface area contributed by atoms with Crippen molar-refractivity contribution >= 4 is 34.7 Å². The largest absolute Gasteiger partial charge is 0.368 e. The maximum atomic E-state index is 12.7. The first kappa shape index (κ1) is 28.1. The first-order valence-electron chi connectivity index (χ1n) is 14.0. The molecule has 0 bridgehead atoms. The van der Waals surface area contributed by atoms with Crippen molar-refractivity contribution in [2.45, 2.75) is 38.6 Å². The van der Waals surface area contributed by atoms with E-state index in [0.717, 1.165) is 62.5 Å². The fourth-order valence-corrected chi connectivity index (χ4v) is 4.89. The molecule has 4 N–H and O–H groups in total. The molecule has 1 aliphatic rings. The van der Waals surface area contributed by atoms with Gasteiger partial charge in [-0.1, -0.05) is 19.8 Å². The van der Waals surface area contributed by atoms with Gasteiger partial charge in [-0.25, -0.2) is 15.0 Å². The summed E-state index contributed by atoms with van der Waals surface area (Å²) in [6, 6.07) is 1.92. The van der Waals surface area contributed by atoms with E-state index >= 15 is 0 Å². The Hall–Kier alpha value is -4.39. The number of hydrogen-bond donors (Lipinski definition) is 3. The van der Waals surface area contributed by atoms with Crippen molar-refractivity contribution in [1.29, 1.82) is 0 Å². The Bertz CT molecular complexity index is 1500. The van der Waals surface area contributed by atoms with Crippen molar-refractivity contribution in [2.24, 2.45) is 7.05 Å². The fraction of sp³-hybridized carbons (Fsp3) is 0.464. The topological polar surface area (TPSA) is 156 Å². The third kappa shape index (κ3) is 6.68. The van der Waals surface area contributed by atoms with Crippen LogP contribution in [0.1, 0.15) is 43.5 Å². The van der Waals surface area contributed by atoms with Gasteiger partial charge in [0.25, 0.3) is 5.91 Å². The van der Waals surface area contributed by atoms with Gasteiger partial charge in [0.1, 0.15) is 5.52 Å². The number of carbonyl (C=O) groups excluding carboxylic acids is 1. The molecule has 0 aromatic carbocycles. The van der Waals surface area contributed by atoms with Gasteiger partial charge in [-0.05, 0) is 26.5 Å². The van der Waals surface area contributed by atoms with E-state index in [9.17, 15) is 4.79 Å². The van der Waals surface area contributed by atoms with Crippen LogP contribution in [0, 0.1) is 0 Å². The van der Waals surface area contributed by atoms with Gasteiger partial charge in [0.05, 0.1) is 22.8 Å². The Morgan fingerprint density at radius 1 is 1.02 bits per heavy atom. The molecule has 1 fully saturated rings. The van der Waals surface area contributed by atoms with Crippen LogP contribution in [0.4, 0.5) is 17.7 Å². The van der Waals surface area contributed by atoms with Gasteiger partial charge in [0.15, 0.2) is 5.82 Å². The van der Waals surface area contributed by atoms with Crippen molar-refractivity contribution in [3.63, 3.8) is 0 Å². The number of nitrogens with zero attached hydrogens (tertiary/aromatic N) is 9. The van der Waals surface area contributed by atoms with Gasteiger partial charge >= 0.3 is 0 Å². The molecule has 41 heavy (non-hydrogen) atoms. The third-order valence-corrected chi connectivity index (χ3v) is 7.42. The Morgan fingerprint density at radius 2 is 1.76 bits per heavy atom. The van der Waals surface area contributed by atoms with Crippen LogP contribution in [-0.4, -0.2) is 90.8 Å². The molecular formula is C28H38N12O. The first-order valence-corrected chi connectivity index (χ1v) is 14.0. The minimum Gasteiger partial charge on any atom is -0.368 e. The zero-order valence-corrected chi connectivity index (χ0v) is 24.1. The van der Waals surface area contributed by atoms with Crippen LogP contribution in [0.2, 0.25) is 0 Å². The number of carbonyl (C=O) groups is 1. The number of nitrogen functional groups attached to an aromatic ring is 1. The van der Waals surface area contributed by atoms with Gasteiger partial charge in [-0.2, -0.15) is 10.1 Å². The molecule has 5 heterocycles. The number of pyridine rings is 1. The minimum atomic E-state index is -0.505. The fourth-order valence-electron chi connectivity index (χ4n) is 4.89. The van der Waals surface area contributed by atoms with Crippen LogP contribution in [0.3, 0.4) is 0 Å². The number of piperazine rings is 1. The summed E-state index contributed by atoms with van der Waals surface area (Å²) in [6.45, 7) is 8.37. The number of fused-ring (bicyclic) bond motifs is 1. The summed E-state index contributed by atoms with van der Waals surface area (Å²) in [5.74, 6) is 1.21. The monoisotopic (exact) mass is 558 g/mol. The second-order valence-electron chi connectivity index (χ2n) is 11.0. The number of aromatic nitrogens is 7. The number of rotatable bonds is 10. The molecule has 0 unspecified atom stereocenters. The van der Waals surface area contributed by atoms with Crippen molar-refractivity contribution in [3.8, 4) is 11.1 Å². The SMILES string of the molecule is CCCC[C@](C)(CNC(=O)c1cnn(C)c1)Nc1nc(N)nc2cc(-c3cnc(N4CCN(C)CC4)nc3)cnc12. The summed E-state index contributed by atoms with van der Waals surface area (Å²) >= 11 is 0. The molecule has 1 saturated heterocycles. The lowest BCUT2D eigenvalue weighted by molar-refractivity contribution is 0.0945. The number of anilines is 3. The van der Waals surface area contributed by atoms with E-state index in [1.54, 1.807) is 30.3 Å². The molecule has 4 aromatic rings. The van der Waals surface area contributed by atoms with Gasteiger partial charge < -0.3 is 26.2 Å². The molecule has 1 aliphatic heterocycles. The van der Waals surface area contributed by atoms with Crippen LogP contribution in [-0.2, 0) is 7.05 Å². The van der Waals surface area contributed by atoms with E-state index in [1.165, 1.54) is 0 Å². The minimum absolute atomic E-state index is 0.137. The third-order valence-electron chi connectivity index (χ3n) is 7.42. The van der Waals surface area contributed by atoms with E-state index < -0.39 is 5.54 Å². The average molecular weight is 559 g/mol. The van der Waals surface area contributed by atoms with Crippen LogP contribution >= 0.6 is 0 Å². The quantitative estimate of drug-likeness (QED) is 0.262. The summed E-state index contributed by atoms with van der Waals surface area (Å²) in [5, 5.41) is 10.7. The highest BCUT2D eigenvalue weighted by atomic mass is 16.1. The van der Waals surface area contributed by atoms with Gasteiger partial charge in [-0.15, -0.1) is 0 Å². The standard InChI is InChI=1S/C28H38N12O/c1-5-6-7-28(2,18-33-25(41)21-16-34-39(4)17-21)37-24-23-22(35-26(29)36-24)12-19(13-30-23)20-14-31-27(32-15-20)40-10-8-38(3)9-11-40/h12-17H,5-11,18H2,1-4H3,(H,33,41)(H3,29,35,36,37)/t28-/m1/s1. The summed E-state index contributed by atoms with van der Waals surface area (Å²) in [5.41, 5.74) is 9.03. The lowest BCUT2D eigenvalue weighted by atomic mass is 9.94. The normalized spacial score (nSPS) is 15.6. The second-order valence-corrected chi connectivity index (χ2v) is 11.0. The number of hydrogen-bond acceptors (Lipinski definition) is 11. The number of nitrogens with two attached hydrogens (primary N) is 1. The smallest absolute Gasteiger partial charge is 0.254 e. The first-order chi connectivity index (χ1) is 19.7. The predicted octanol–water partition coefficient (Wildman–Crippen LogP) is 2.34. The predicted molar refractivity (Wildman–Crippen MR) is 160 cm³/mol. The zero-order chi connectivity index (χ0) is 29.0. The second kappa shape index (κ2) is 12.0. The van der Waals surface area contributed by atoms with Gasteiger partial charge in [-0.3, -0.25) is 14.5 Å². The van der Waals surface area contributed by atoms with Crippen LogP contribution in [0.15, 0.2) is 37.1 Å². The number of aryl methyl sites for hydroxylation is 1. The Labute approximate surface area is 239 Å². The molecule has 13 nitrogen and oxygen atoms in total.